The van der Waals surface area contributed by atoms with Crippen LogP contribution in [0.2, 0.25) is 0 Å². The molecule has 0 aliphatic heterocycles. The molecule has 0 saturated heterocycles. The third-order valence-corrected chi connectivity index (χ3v) is 3.78. The first kappa shape index (κ1) is 18.2. The molecule has 0 amide bonds. The van der Waals surface area contributed by atoms with Gasteiger partial charge in [0, 0.05) is 31.4 Å². The molecule has 1 aromatic heterocycles. The van der Waals surface area contributed by atoms with Crippen LogP contribution in [0.5, 0.6) is 0 Å². The highest BCUT2D eigenvalue weighted by Gasteiger charge is 2.19. The van der Waals surface area contributed by atoms with Crippen molar-refractivity contribution in [1.82, 2.24) is 9.78 Å². The largest absolute Gasteiger partial charge is 0.381 e. The molecule has 0 radical (unpaired) electrons. The number of rotatable bonds is 10. The van der Waals surface area contributed by atoms with Crippen LogP contribution in [-0.4, -0.2) is 29.6 Å². The molecular weight excluding hydrogens is 356 g/mol. The molecule has 0 fully saturated rings. The van der Waals surface area contributed by atoms with Crippen molar-refractivity contribution in [3.8, 4) is 0 Å². The Kier molecular flexibility index (Phi) is 7.27. The fraction of sp³-hybridized carbons (Fsp3) is 0.500. The first-order valence-corrected chi connectivity index (χ1v) is 8.72. The Morgan fingerprint density at radius 1 is 1.13 bits per heavy atom. The fourth-order valence-electron chi connectivity index (χ4n) is 2.28. The van der Waals surface area contributed by atoms with Gasteiger partial charge in [-0.25, -0.2) is 0 Å². The van der Waals surface area contributed by atoms with Crippen molar-refractivity contribution >= 4 is 15.9 Å². The Hall–Kier alpha value is -1.17. The van der Waals surface area contributed by atoms with Crippen molar-refractivity contribution in [2.75, 3.05) is 19.8 Å². The Labute approximate surface area is 146 Å². The van der Waals surface area contributed by atoms with E-state index < -0.39 is 0 Å². The zero-order valence-corrected chi connectivity index (χ0v) is 15.5. The summed E-state index contributed by atoms with van der Waals surface area (Å²) in [6.07, 6.45) is 4.70. The van der Waals surface area contributed by atoms with Gasteiger partial charge < -0.3 is 9.47 Å². The number of benzene rings is 1. The van der Waals surface area contributed by atoms with E-state index in [0.29, 0.717) is 13.2 Å². The van der Waals surface area contributed by atoms with Gasteiger partial charge in [0.1, 0.15) is 0 Å². The zero-order valence-electron chi connectivity index (χ0n) is 13.9. The molecule has 0 aliphatic carbocycles. The molecule has 0 aliphatic rings. The lowest BCUT2D eigenvalue weighted by Crippen LogP contribution is -2.26. The first-order valence-electron chi connectivity index (χ1n) is 7.93. The van der Waals surface area contributed by atoms with E-state index in [-0.39, 0.29) is 5.41 Å². The van der Waals surface area contributed by atoms with E-state index in [1.807, 2.05) is 29.1 Å². The minimum absolute atomic E-state index is 0.0519. The lowest BCUT2D eigenvalue weighted by molar-refractivity contribution is 0.0320. The lowest BCUT2D eigenvalue weighted by atomic mass is 9.95. The number of halogens is 1. The minimum Gasteiger partial charge on any atom is -0.381 e. The summed E-state index contributed by atoms with van der Waals surface area (Å²) in [5, 5.41) is 4.29. The Bertz CT molecular complexity index is 569. The maximum absolute atomic E-state index is 5.80. The van der Waals surface area contributed by atoms with Gasteiger partial charge in [0.05, 0.1) is 23.9 Å². The summed E-state index contributed by atoms with van der Waals surface area (Å²) in [5.41, 5.74) is 1.26. The molecule has 0 spiro atoms. The van der Waals surface area contributed by atoms with Crippen LogP contribution in [0.3, 0.4) is 0 Å². The minimum atomic E-state index is 0.0519. The average Bonchev–Trinajstić information content (AvgIpc) is 2.91. The molecule has 126 valence electrons. The highest BCUT2D eigenvalue weighted by atomic mass is 79.9. The van der Waals surface area contributed by atoms with Crippen molar-refractivity contribution in [3.05, 3.63) is 52.8 Å². The molecule has 0 N–H and O–H groups in total. The maximum Gasteiger partial charge on any atom is 0.0716 e. The SMILES string of the molecule is CC(C)(COCCCOCc1ccccc1)Cn1cc(Br)cn1. The van der Waals surface area contributed by atoms with Crippen LogP contribution in [0.1, 0.15) is 25.8 Å². The van der Waals surface area contributed by atoms with Gasteiger partial charge in [0.15, 0.2) is 0 Å². The van der Waals surface area contributed by atoms with Crippen molar-refractivity contribution in [2.45, 2.75) is 33.4 Å². The zero-order chi connectivity index (χ0) is 16.5. The van der Waals surface area contributed by atoms with E-state index >= 15 is 0 Å². The molecule has 1 heterocycles. The second-order valence-electron chi connectivity index (χ2n) is 6.46. The van der Waals surface area contributed by atoms with E-state index in [4.69, 9.17) is 9.47 Å². The van der Waals surface area contributed by atoms with Crippen LogP contribution in [0.25, 0.3) is 0 Å². The molecule has 2 rings (SSSR count). The average molecular weight is 381 g/mol. The third kappa shape index (κ3) is 7.29. The Morgan fingerprint density at radius 2 is 1.87 bits per heavy atom. The van der Waals surface area contributed by atoms with Gasteiger partial charge in [0.25, 0.3) is 0 Å². The van der Waals surface area contributed by atoms with Gasteiger partial charge >= 0.3 is 0 Å². The molecule has 0 atom stereocenters. The van der Waals surface area contributed by atoms with Crippen molar-refractivity contribution < 1.29 is 9.47 Å². The first-order chi connectivity index (χ1) is 11.1. The van der Waals surface area contributed by atoms with Crippen molar-refractivity contribution in [2.24, 2.45) is 5.41 Å². The highest BCUT2D eigenvalue weighted by Crippen LogP contribution is 2.19. The molecule has 0 bridgehead atoms. The molecular formula is C18H25BrN2O2. The molecule has 4 nitrogen and oxygen atoms in total. The van der Waals surface area contributed by atoms with E-state index in [9.17, 15) is 0 Å². The molecule has 2 aromatic rings. The van der Waals surface area contributed by atoms with Crippen LogP contribution in [0.4, 0.5) is 0 Å². The van der Waals surface area contributed by atoms with Gasteiger partial charge in [-0.15, -0.1) is 0 Å². The predicted octanol–water partition coefficient (Wildman–Crippen LogP) is 4.30. The van der Waals surface area contributed by atoms with Crippen LogP contribution in [-0.2, 0) is 22.6 Å². The molecule has 0 unspecified atom stereocenters. The van der Waals surface area contributed by atoms with Crippen LogP contribution >= 0.6 is 15.9 Å². The summed E-state index contributed by atoms with van der Waals surface area (Å²) in [6, 6.07) is 10.2. The number of hydrogen-bond acceptors (Lipinski definition) is 3. The summed E-state index contributed by atoms with van der Waals surface area (Å²) in [6.45, 7) is 8.04. The summed E-state index contributed by atoms with van der Waals surface area (Å²) in [7, 11) is 0. The third-order valence-electron chi connectivity index (χ3n) is 3.37. The second-order valence-corrected chi connectivity index (χ2v) is 7.38. The topological polar surface area (TPSA) is 36.3 Å². The molecule has 23 heavy (non-hydrogen) atoms. The van der Waals surface area contributed by atoms with E-state index in [0.717, 1.165) is 30.7 Å². The van der Waals surface area contributed by atoms with Crippen LogP contribution < -0.4 is 0 Å². The predicted molar refractivity (Wildman–Crippen MR) is 95.2 cm³/mol. The standard InChI is InChI=1S/C18H25BrN2O2/c1-18(2,14-21-12-17(19)11-20-21)15-23-10-6-9-22-13-16-7-4-3-5-8-16/h3-5,7-8,11-12H,6,9-10,13-15H2,1-2H3. The number of nitrogens with zero attached hydrogens (tertiary/aromatic N) is 2. The Morgan fingerprint density at radius 3 is 2.57 bits per heavy atom. The summed E-state index contributed by atoms with van der Waals surface area (Å²) in [4.78, 5) is 0. The van der Waals surface area contributed by atoms with E-state index in [1.165, 1.54) is 5.56 Å². The quantitative estimate of drug-likeness (QED) is 0.576. The highest BCUT2D eigenvalue weighted by molar-refractivity contribution is 9.10. The van der Waals surface area contributed by atoms with Gasteiger partial charge in [0.2, 0.25) is 0 Å². The van der Waals surface area contributed by atoms with Crippen LogP contribution in [0.15, 0.2) is 47.2 Å². The number of aromatic nitrogens is 2. The molecule has 0 saturated carbocycles. The van der Waals surface area contributed by atoms with Gasteiger partial charge in [-0.2, -0.15) is 5.10 Å². The lowest BCUT2D eigenvalue weighted by Gasteiger charge is -2.24. The normalized spacial score (nSPS) is 11.8. The van der Waals surface area contributed by atoms with Gasteiger partial charge in [-0.3, -0.25) is 4.68 Å². The maximum atomic E-state index is 5.80. The van der Waals surface area contributed by atoms with Gasteiger partial charge in [-0.1, -0.05) is 44.2 Å². The van der Waals surface area contributed by atoms with Crippen molar-refractivity contribution in [3.63, 3.8) is 0 Å². The number of ether oxygens (including phenoxy) is 2. The fourth-order valence-corrected chi connectivity index (χ4v) is 2.61. The van der Waals surface area contributed by atoms with Gasteiger partial charge in [-0.05, 0) is 27.9 Å². The van der Waals surface area contributed by atoms with E-state index in [1.54, 1.807) is 6.20 Å². The number of hydrogen-bond donors (Lipinski definition) is 0. The summed E-state index contributed by atoms with van der Waals surface area (Å²) >= 11 is 3.42. The summed E-state index contributed by atoms with van der Waals surface area (Å²) in [5.74, 6) is 0. The van der Waals surface area contributed by atoms with E-state index in [2.05, 4.69) is 47.0 Å². The van der Waals surface area contributed by atoms with Crippen molar-refractivity contribution in [1.29, 1.82) is 0 Å². The molecule has 5 heteroatoms. The monoisotopic (exact) mass is 380 g/mol. The Balaban J connectivity index is 1.54. The molecule has 1 aromatic carbocycles. The second kappa shape index (κ2) is 9.21. The van der Waals surface area contributed by atoms with Crippen LogP contribution in [0, 0.1) is 5.41 Å². The smallest absolute Gasteiger partial charge is 0.0716 e. The summed E-state index contributed by atoms with van der Waals surface area (Å²) < 4.78 is 14.4.